The van der Waals surface area contributed by atoms with Crippen LogP contribution in [0.1, 0.15) is 17.5 Å². The molecule has 0 unspecified atom stereocenters. The molecular formula is C25H26N2O3S2. The number of fused-ring (bicyclic) bond motifs is 1. The van der Waals surface area contributed by atoms with Crippen LogP contribution in [0.4, 0.5) is 11.4 Å². The number of carbonyl (C=O) groups excluding carboxylic acids is 1. The summed E-state index contributed by atoms with van der Waals surface area (Å²) in [7, 11) is -3.93. The molecule has 1 aliphatic rings. The molecule has 0 aromatic heterocycles. The van der Waals surface area contributed by atoms with Gasteiger partial charge in [0.05, 0.1) is 10.6 Å². The van der Waals surface area contributed by atoms with Gasteiger partial charge in [0.15, 0.2) is 0 Å². The van der Waals surface area contributed by atoms with Gasteiger partial charge in [0.2, 0.25) is 5.91 Å². The molecule has 0 spiro atoms. The van der Waals surface area contributed by atoms with Crippen LogP contribution in [0.15, 0.2) is 82.6 Å². The van der Waals surface area contributed by atoms with Gasteiger partial charge in [0.1, 0.15) is 6.54 Å². The van der Waals surface area contributed by atoms with Crippen LogP contribution in [0.5, 0.6) is 0 Å². The second-order valence-electron chi connectivity index (χ2n) is 7.80. The Morgan fingerprint density at radius 2 is 1.69 bits per heavy atom. The summed E-state index contributed by atoms with van der Waals surface area (Å²) in [6.45, 7) is 2.27. The molecule has 3 aromatic rings. The van der Waals surface area contributed by atoms with Crippen molar-refractivity contribution in [1.29, 1.82) is 0 Å². The lowest BCUT2D eigenvalue weighted by Gasteiger charge is -2.32. The van der Waals surface area contributed by atoms with Gasteiger partial charge < -0.3 is 4.90 Å². The maximum Gasteiger partial charge on any atom is 0.264 e. The first-order valence-corrected chi connectivity index (χ1v) is 13.2. The number of anilines is 2. The van der Waals surface area contributed by atoms with E-state index in [0.717, 1.165) is 34.6 Å². The molecule has 166 valence electrons. The highest BCUT2D eigenvalue weighted by Gasteiger charge is 2.30. The fraction of sp³-hybridized carbons (Fsp3) is 0.240. The van der Waals surface area contributed by atoms with Gasteiger partial charge in [-0.1, -0.05) is 35.9 Å². The molecule has 0 atom stereocenters. The molecule has 1 amide bonds. The minimum absolute atomic E-state index is 0.169. The molecule has 4 rings (SSSR count). The minimum atomic E-state index is -3.93. The number of sulfonamides is 1. The van der Waals surface area contributed by atoms with Gasteiger partial charge in [-0.2, -0.15) is 0 Å². The monoisotopic (exact) mass is 466 g/mol. The normalized spacial score (nSPS) is 13.5. The van der Waals surface area contributed by atoms with E-state index in [4.69, 9.17) is 0 Å². The molecule has 32 heavy (non-hydrogen) atoms. The summed E-state index contributed by atoms with van der Waals surface area (Å²) in [5.41, 5.74) is 3.48. The highest BCUT2D eigenvalue weighted by molar-refractivity contribution is 7.98. The highest BCUT2D eigenvalue weighted by atomic mass is 32.2. The van der Waals surface area contributed by atoms with Crippen LogP contribution in [0.25, 0.3) is 0 Å². The lowest BCUT2D eigenvalue weighted by atomic mass is 10.0. The van der Waals surface area contributed by atoms with Crippen molar-refractivity contribution in [2.45, 2.75) is 29.6 Å². The molecular weight excluding hydrogens is 440 g/mol. The van der Waals surface area contributed by atoms with Crippen LogP contribution in [0.3, 0.4) is 0 Å². The van der Waals surface area contributed by atoms with Crippen molar-refractivity contribution in [2.75, 3.05) is 28.6 Å². The molecule has 1 heterocycles. The van der Waals surface area contributed by atoms with Crippen molar-refractivity contribution in [2.24, 2.45) is 0 Å². The molecule has 1 aliphatic heterocycles. The number of carbonyl (C=O) groups is 1. The van der Waals surface area contributed by atoms with E-state index in [1.165, 1.54) is 4.31 Å². The van der Waals surface area contributed by atoms with E-state index in [2.05, 4.69) is 0 Å². The van der Waals surface area contributed by atoms with Gasteiger partial charge in [-0.3, -0.25) is 9.10 Å². The smallest absolute Gasteiger partial charge is 0.264 e. The summed E-state index contributed by atoms with van der Waals surface area (Å²) < 4.78 is 28.5. The predicted octanol–water partition coefficient (Wildman–Crippen LogP) is 4.89. The van der Waals surface area contributed by atoms with Gasteiger partial charge in [-0.25, -0.2) is 8.42 Å². The number of thioether (sulfide) groups is 1. The molecule has 0 aliphatic carbocycles. The number of aryl methyl sites for hydroxylation is 2. The van der Waals surface area contributed by atoms with Gasteiger partial charge in [-0.15, -0.1) is 11.8 Å². The zero-order valence-corrected chi connectivity index (χ0v) is 19.8. The summed E-state index contributed by atoms with van der Waals surface area (Å²) >= 11 is 1.55. The van der Waals surface area contributed by atoms with E-state index in [9.17, 15) is 13.2 Å². The van der Waals surface area contributed by atoms with Crippen molar-refractivity contribution in [3.8, 4) is 0 Å². The third kappa shape index (κ3) is 4.54. The second-order valence-corrected chi connectivity index (χ2v) is 10.5. The molecule has 0 N–H and O–H groups in total. The number of hydrogen-bond acceptors (Lipinski definition) is 4. The number of nitrogens with zero attached hydrogens (tertiary/aromatic N) is 2. The van der Waals surface area contributed by atoms with Crippen LogP contribution in [0.2, 0.25) is 0 Å². The zero-order valence-electron chi connectivity index (χ0n) is 18.2. The Balaban J connectivity index is 1.70. The number of amides is 1. The molecule has 0 saturated heterocycles. The average molecular weight is 467 g/mol. The lowest BCUT2D eigenvalue weighted by molar-refractivity contribution is -0.117. The molecule has 0 radical (unpaired) electrons. The summed E-state index contributed by atoms with van der Waals surface area (Å²) in [5.74, 6) is -0.234. The SMILES string of the molecule is CSc1ccc(S(=O)(=O)N(CC(=O)N2CCCc3ccccc32)c2ccc(C)cc2)cc1. The fourth-order valence-corrected chi connectivity index (χ4v) is 5.72. The molecule has 3 aromatic carbocycles. The van der Waals surface area contributed by atoms with Crippen molar-refractivity contribution in [3.63, 3.8) is 0 Å². The van der Waals surface area contributed by atoms with E-state index in [-0.39, 0.29) is 17.3 Å². The largest absolute Gasteiger partial charge is 0.311 e. The molecule has 0 fully saturated rings. The van der Waals surface area contributed by atoms with Crippen molar-refractivity contribution in [3.05, 3.63) is 83.9 Å². The number of hydrogen-bond donors (Lipinski definition) is 0. The van der Waals surface area contributed by atoms with Crippen LogP contribution in [-0.2, 0) is 21.2 Å². The first-order chi connectivity index (χ1) is 15.4. The van der Waals surface area contributed by atoms with Crippen molar-refractivity contribution >= 4 is 39.1 Å². The zero-order chi connectivity index (χ0) is 22.7. The van der Waals surface area contributed by atoms with Gasteiger partial charge >= 0.3 is 0 Å². The van der Waals surface area contributed by atoms with Crippen LogP contribution in [0, 0.1) is 6.92 Å². The number of para-hydroxylation sites is 1. The topological polar surface area (TPSA) is 57.7 Å². The van der Waals surface area contributed by atoms with Crippen molar-refractivity contribution in [1.82, 2.24) is 0 Å². The van der Waals surface area contributed by atoms with Gasteiger partial charge in [0.25, 0.3) is 10.0 Å². The fourth-order valence-electron chi connectivity index (χ4n) is 3.90. The Hall–Kier alpha value is -2.77. The van der Waals surface area contributed by atoms with E-state index in [1.54, 1.807) is 53.1 Å². The predicted molar refractivity (Wildman–Crippen MR) is 131 cm³/mol. The first kappa shape index (κ1) is 22.4. The molecule has 0 saturated carbocycles. The summed E-state index contributed by atoms with van der Waals surface area (Å²) in [4.78, 5) is 16.3. The Morgan fingerprint density at radius 1 is 1.00 bits per heavy atom. The van der Waals surface area contributed by atoms with Crippen molar-refractivity contribution < 1.29 is 13.2 Å². The first-order valence-electron chi connectivity index (χ1n) is 10.5. The number of rotatable bonds is 6. The lowest BCUT2D eigenvalue weighted by Crippen LogP contribution is -2.45. The maximum atomic E-state index is 13.6. The van der Waals surface area contributed by atoms with Crippen LogP contribution in [-0.4, -0.2) is 33.7 Å². The molecule has 7 heteroatoms. The quantitative estimate of drug-likeness (QED) is 0.485. The van der Waals surface area contributed by atoms with E-state index >= 15 is 0 Å². The maximum absolute atomic E-state index is 13.6. The molecule has 0 bridgehead atoms. The van der Waals surface area contributed by atoms with Gasteiger partial charge in [0, 0.05) is 17.1 Å². The number of benzene rings is 3. The Morgan fingerprint density at radius 3 is 2.38 bits per heavy atom. The van der Waals surface area contributed by atoms with Crippen LogP contribution >= 0.6 is 11.8 Å². The third-order valence-corrected chi connectivity index (χ3v) is 8.19. The third-order valence-electron chi connectivity index (χ3n) is 5.66. The Labute approximate surface area is 194 Å². The Bertz CT molecular complexity index is 1210. The van der Waals surface area contributed by atoms with E-state index in [0.29, 0.717) is 12.2 Å². The summed E-state index contributed by atoms with van der Waals surface area (Å²) in [6, 6.07) is 21.8. The highest BCUT2D eigenvalue weighted by Crippen LogP contribution is 2.29. The summed E-state index contributed by atoms with van der Waals surface area (Å²) in [6.07, 6.45) is 3.72. The minimum Gasteiger partial charge on any atom is -0.311 e. The second kappa shape index (κ2) is 9.38. The van der Waals surface area contributed by atoms with E-state index in [1.807, 2.05) is 49.6 Å². The van der Waals surface area contributed by atoms with E-state index < -0.39 is 10.0 Å². The Kier molecular flexibility index (Phi) is 6.58. The standard InChI is InChI=1S/C25H26N2O3S2/c1-19-9-11-21(12-10-19)27(32(29,30)23-15-13-22(31-2)14-16-23)18-25(28)26-17-5-7-20-6-3-4-8-24(20)26/h3-4,6,8-16H,5,7,17-18H2,1-2H3. The van der Waals surface area contributed by atoms with Crippen LogP contribution < -0.4 is 9.21 Å². The average Bonchev–Trinajstić information content (AvgIpc) is 2.82. The summed E-state index contributed by atoms with van der Waals surface area (Å²) in [5, 5.41) is 0. The molecule has 5 nitrogen and oxygen atoms in total. The van der Waals surface area contributed by atoms with Gasteiger partial charge in [-0.05, 0) is 74.0 Å².